The summed E-state index contributed by atoms with van der Waals surface area (Å²) in [5.74, 6) is -0.772. The Morgan fingerprint density at radius 3 is 2.62 bits per heavy atom. The monoisotopic (exact) mass is 293 g/mol. The lowest BCUT2D eigenvalue weighted by atomic mass is 10.2. The van der Waals surface area contributed by atoms with E-state index in [-0.39, 0.29) is 0 Å². The van der Waals surface area contributed by atoms with Crippen molar-refractivity contribution in [1.29, 1.82) is 0 Å². The second-order valence-electron chi connectivity index (χ2n) is 5.67. The number of unbranched alkanes of at least 4 members (excludes halogenated alkanes) is 1. The highest BCUT2D eigenvalue weighted by molar-refractivity contribution is 5.84. The van der Waals surface area contributed by atoms with Crippen LogP contribution in [0.1, 0.15) is 52.1 Å². The van der Waals surface area contributed by atoms with Crippen LogP contribution < -0.4 is 5.11 Å². The van der Waals surface area contributed by atoms with E-state index in [1.165, 1.54) is 16.8 Å². The number of aliphatic carboxylic acids is 1. The molecule has 1 heterocycles. The zero-order valence-corrected chi connectivity index (χ0v) is 12.9. The summed E-state index contributed by atoms with van der Waals surface area (Å²) in [7, 11) is 0. The quantitative estimate of drug-likeness (QED) is 0.772. The van der Waals surface area contributed by atoms with Crippen molar-refractivity contribution in [2.75, 3.05) is 0 Å². The van der Waals surface area contributed by atoms with Gasteiger partial charge in [-0.3, -0.25) is 0 Å². The second-order valence-corrected chi connectivity index (χ2v) is 5.67. The van der Waals surface area contributed by atoms with Crippen molar-refractivity contribution < 1.29 is 19.4 Å². The van der Waals surface area contributed by atoms with Crippen LogP contribution in [0.3, 0.4) is 0 Å². The van der Waals surface area contributed by atoms with Crippen molar-refractivity contribution >= 4 is 18.1 Å². The fraction of sp³-hybridized carbons (Fsp3) is 0.533. The first-order chi connectivity index (χ1) is 9.74. The van der Waals surface area contributed by atoms with Crippen molar-refractivity contribution in [2.45, 2.75) is 52.6 Å². The molecule has 21 heavy (non-hydrogen) atoms. The van der Waals surface area contributed by atoms with E-state index in [1.54, 1.807) is 20.8 Å². The average molecular weight is 293 g/mol. The van der Waals surface area contributed by atoms with Gasteiger partial charge in [-0.15, -0.1) is 0 Å². The van der Waals surface area contributed by atoms with E-state index in [4.69, 9.17) is 4.74 Å². The predicted octanol–water partition coefficient (Wildman–Crippen LogP) is 1.77. The van der Waals surface area contributed by atoms with E-state index >= 15 is 0 Å². The van der Waals surface area contributed by atoms with Crippen LogP contribution in [0.2, 0.25) is 0 Å². The number of carboxylic acid groups (broad SMARTS) is 1. The maximum absolute atomic E-state index is 12.3. The summed E-state index contributed by atoms with van der Waals surface area (Å²) in [6, 6.07) is 0. The number of carboxylic acids is 1. The van der Waals surface area contributed by atoms with Crippen LogP contribution in [0.5, 0.6) is 0 Å². The van der Waals surface area contributed by atoms with Crippen LogP contribution in [0.15, 0.2) is 12.3 Å². The Balaban J connectivity index is 3.12. The van der Waals surface area contributed by atoms with E-state index < -0.39 is 17.7 Å². The molecule has 0 saturated heterocycles. The van der Waals surface area contributed by atoms with Gasteiger partial charge in [-0.2, -0.15) is 0 Å². The highest BCUT2D eigenvalue weighted by atomic mass is 16.6. The first-order valence-electron chi connectivity index (χ1n) is 6.93. The molecule has 0 N–H and O–H groups in total. The maximum atomic E-state index is 12.3. The lowest BCUT2D eigenvalue weighted by molar-refractivity contribution is -0.297. The minimum absolute atomic E-state index is 0.361. The minimum atomic E-state index is -1.33. The van der Waals surface area contributed by atoms with Crippen molar-refractivity contribution in [3.8, 4) is 0 Å². The van der Waals surface area contributed by atoms with E-state index in [0.29, 0.717) is 17.9 Å². The van der Waals surface area contributed by atoms with Crippen LogP contribution >= 0.6 is 0 Å². The molecule has 0 spiro atoms. The molecule has 6 nitrogen and oxygen atoms in total. The smallest absolute Gasteiger partial charge is 0.420 e. The van der Waals surface area contributed by atoms with Gasteiger partial charge in [-0.25, -0.2) is 14.3 Å². The van der Waals surface area contributed by atoms with Gasteiger partial charge in [0.25, 0.3) is 0 Å². The standard InChI is InChI=1S/C15H22N2O4/c1-5-6-7-12-16-10-11(8-9-13(18)19)17(12)14(20)21-15(2,3)4/h8-10H,5-7H2,1-4H3,(H,18,19)/p-1/b9-8+. The molecular formula is C15H21N2O4-. The van der Waals surface area contributed by atoms with Gasteiger partial charge in [0.2, 0.25) is 0 Å². The topological polar surface area (TPSA) is 84.2 Å². The molecule has 0 aliphatic carbocycles. The largest absolute Gasteiger partial charge is 0.545 e. The Morgan fingerprint density at radius 1 is 1.43 bits per heavy atom. The first-order valence-corrected chi connectivity index (χ1v) is 6.93. The molecule has 0 aliphatic heterocycles. The van der Waals surface area contributed by atoms with Gasteiger partial charge in [-0.05, 0) is 39.3 Å². The Labute approximate surface area is 124 Å². The summed E-state index contributed by atoms with van der Waals surface area (Å²) in [6.45, 7) is 7.34. The van der Waals surface area contributed by atoms with Gasteiger partial charge >= 0.3 is 6.09 Å². The van der Waals surface area contributed by atoms with Crippen molar-refractivity contribution in [2.24, 2.45) is 0 Å². The number of hydrogen-bond donors (Lipinski definition) is 0. The van der Waals surface area contributed by atoms with Gasteiger partial charge in [0.1, 0.15) is 11.4 Å². The normalized spacial score (nSPS) is 11.8. The third kappa shape index (κ3) is 5.41. The summed E-state index contributed by atoms with van der Waals surface area (Å²) in [6.07, 6.45) is 5.49. The van der Waals surface area contributed by atoms with Crippen molar-refractivity contribution in [3.63, 3.8) is 0 Å². The third-order valence-electron chi connectivity index (χ3n) is 2.58. The summed E-state index contributed by atoms with van der Waals surface area (Å²) >= 11 is 0. The van der Waals surface area contributed by atoms with E-state index in [1.807, 2.05) is 6.92 Å². The molecule has 0 fully saturated rings. The molecule has 1 aromatic rings. The number of nitrogens with zero attached hydrogens (tertiary/aromatic N) is 2. The number of imidazole rings is 1. The number of ether oxygens (including phenoxy) is 1. The molecule has 0 atom stereocenters. The molecule has 1 aromatic heterocycles. The number of carbonyl (C=O) groups excluding carboxylic acids is 2. The lowest BCUT2D eigenvalue weighted by Crippen LogP contribution is -2.28. The first kappa shape index (κ1) is 16.9. The minimum Gasteiger partial charge on any atom is -0.545 e. The average Bonchev–Trinajstić information content (AvgIpc) is 2.74. The molecule has 0 bridgehead atoms. The summed E-state index contributed by atoms with van der Waals surface area (Å²) in [5, 5.41) is 10.5. The second kappa shape index (κ2) is 7.06. The van der Waals surface area contributed by atoms with Crippen molar-refractivity contribution in [3.05, 3.63) is 23.8 Å². The van der Waals surface area contributed by atoms with Crippen molar-refractivity contribution in [1.82, 2.24) is 9.55 Å². The molecular weight excluding hydrogens is 272 g/mol. The molecule has 0 radical (unpaired) electrons. The van der Waals surface area contributed by atoms with E-state index in [0.717, 1.165) is 18.9 Å². The summed E-state index contributed by atoms with van der Waals surface area (Å²) < 4.78 is 6.64. The van der Waals surface area contributed by atoms with Crippen LogP contribution in [0.4, 0.5) is 4.79 Å². The number of hydrogen-bond acceptors (Lipinski definition) is 5. The molecule has 0 aromatic carbocycles. The summed E-state index contributed by atoms with van der Waals surface area (Å²) in [4.78, 5) is 27.0. The number of rotatable bonds is 5. The molecule has 0 unspecified atom stereocenters. The fourth-order valence-corrected chi connectivity index (χ4v) is 1.71. The van der Waals surface area contributed by atoms with Crippen LogP contribution in [-0.2, 0) is 16.0 Å². The van der Waals surface area contributed by atoms with Gasteiger partial charge < -0.3 is 14.6 Å². The SMILES string of the molecule is CCCCc1ncc(/C=C/C(=O)[O-])n1C(=O)OC(C)(C)C. The number of aromatic nitrogens is 2. The van der Waals surface area contributed by atoms with Gasteiger partial charge in [-0.1, -0.05) is 13.3 Å². The third-order valence-corrected chi connectivity index (χ3v) is 2.58. The summed E-state index contributed by atoms with van der Waals surface area (Å²) in [5.41, 5.74) is -0.279. The Hall–Kier alpha value is -2.11. The number of aryl methyl sites for hydroxylation is 1. The number of carbonyl (C=O) groups is 2. The Morgan fingerprint density at radius 2 is 2.10 bits per heavy atom. The lowest BCUT2D eigenvalue weighted by Gasteiger charge is -2.20. The van der Waals surface area contributed by atoms with Crippen LogP contribution in [0.25, 0.3) is 6.08 Å². The van der Waals surface area contributed by atoms with Gasteiger partial charge in [0.15, 0.2) is 0 Å². The molecule has 116 valence electrons. The zero-order chi connectivity index (χ0) is 16.0. The van der Waals surface area contributed by atoms with Gasteiger partial charge in [0.05, 0.1) is 17.9 Å². The van der Waals surface area contributed by atoms with Gasteiger partial charge in [0, 0.05) is 6.42 Å². The van der Waals surface area contributed by atoms with Crippen LogP contribution in [0, 0.1) is 0 Å². The van der Waals surface area contributed by atoms with E-state index in [9.17, 15) is 14.7 Å². The molecule has 1 rings (SSSR count). The van der Waals surface area contributed by atoms with E-state index in [2.05, 4.69) is 4.98 Å². The fourth-order valence-electron chi connectivity index (χ4n) is 1.71. The highest BCUT2D eigenvalue weighted by Gasteiger charge is 2.22. The predicted molar refractivity (Wildman–Crippen MR) is 76.5 cm³/mol. The molecule has 0 saturated carbocycles. The molecule has 0 amide bonds. The molecule has 6 heteroatoms. The zero-order valence-electron chi connectivity index (χ0n) is 12.9. The Bertz CT molecular complexity index is 538. The molecule has 0 aliphatic rings. The highest BCUT2D eigenvalue weighted by Crippen LogP contribution is 2.15. The van der Waals surface area contributed by atoms with Crippen LogP contribution in [-0.4, -0.2) is 27.2 Å². The maximum Gasteiger partial charge on any atom is 0.420 e. The Kier molecular flexibility index (Phi) is 5.69.